The molecule has 1 N–H and O–H groups in total. The molecule has 0 saturated heterocycles. The summed E-state index contributed by atoms with van der Waals surface area (Å²) in [6, 6.07) is 13.8. The summed E-state index contributed by atoms with van der Waals surface area (Å²) in [6.45, 7) is 8.35. The van der Waals surface area contributed by atoms with Crippen LogP contribution in [-0.2, 0) is 0 Å². The number of nitrogens with one attached hydrogen (secondary N) is 1. The number of carbonyl (C=O) groups is 1. The first-order valence-electron chi connectivity index (χ1n) is 7.10. The summed E-state index contributed by atoms with van der Waals surface area (Å²) < 4.78 is 0. The van der Waals surface area contributed by atoms with Crippen LogP contribution in [0.3, 0.4) is 0 Å². The van der Waals surface area contributed by atoms with Crippen LogP contribution in [-0.4, -0.2) is 11.2 Å². The van der Waals surface area contributed by atoms with Crippen LogP contribution in [0.2, 0.25) is 0 Å². The van der Waals surface area contributed by atoms with E-state index in [1.165, 1.54) is 0 Å². The summed E-state index contributed by atoms with van der Waals surface area (Å²) >= 11 is 1.76. The fourth-order valence-corrected chi connectivity index (χ4v) is 3.13. The second-order valence-electron chi connectivity index (χ2n) is 5.52. The molecule has 0 fully saturated rings. The first kappa shape index (κ1) is 15.6. The first-order valence-corrected chi connectivity index (χ1v) is 7.98. The number of hydrogen-bond donors (Lipinski definition) is 1. The van der Waals surface area contributed by atoms with E-state index in [0.717, 1.165) is 21.7 Å². The van der Waals surface area contributed by atoms with E-state index in [9.17, 15) is 4.79 Å². The molecule has 2 aromatic carbocycles. The van der Waals surface area contributed by atoms with E-state index >= 15 is 0 Å². The van der Waals surface area contributed by atoms with Crippen LogP contribution in [0.5, 0.6) is 0 Å². The average Bonchev–Trinajstić information content (AvgIpc) is 2.36. The number of hydrogen-bond acceptors (Lipinski definition) is 2. The van der Waals surface area contributed by atoms with E-state index in [2.05, 4.69) is 25.2 Å². The SMILES string of the molecule is Cc1cc(C)cc(NC(=O)c2cccc(SC(C)C)c2)c1. The van der Waals surface area contributed by atoms with Crippen molar-refractivity contribution < 1.29 is 4.79 Å². The third-order valence-corrected chi connectivity index (χ3v) is 3.95. The molecule has 0 heterocycles. The van der Waals surface area contributed by atoms with Gasteiger partial charge in [-0.25, -0.2) is 0 Å². The quantitative estimate of drug-likeness (QED) is 0.800. The number of carbonyl (C=O) groups excluding carboxylic acids is 1. The Bertz CT molecular complexity index is 629. The molecular formula is C18H21NOS. The highest BCUT2D eigenvalue weighted by Gasteiger charge is 2.08. The largest absolute Gasteiger partial charge is 0.322 e. The molecule has 2 aromatic rings. The number of aryl methyl sites for hydroxylation is 2. The number of benzene rings is 2. The first-order chi connectivity index (χ1) is 9.94. The van der Waals surface area contributed by atoms with Gasteiger partial charge in [0.05, 0.1) is 0 Å². The van der Waals surface area contributed by atoms with Crippen LogP contribution in [0, 0.1) is 13.8 Å². The molecule has 2 rings (SSSR count). The van der Waals surface area contributed by atoms with Crippen molar-refractivity contribution in [3.63, 3.8) is 0 Å². The Labute approximate surface area is 131 Å². The van der Waals surface area contributed by atoms with Crippen molar-refractivity contribution in [1.82, 2.24) is 0 Å². The zero-order valence-corrected chi connectivity index (χ0v) is 13.8. The Morgan fingerprint density at radius 3 is 2.33 bits per heavy atom. The van der Waals surface area contributed by atoms with Gasteiger partial charge in [0.15, 0.2) is 0 Å². The normalized spacial score (nSPS) is 10.7. The van der Waals surface area contributed by atoms with Gasteiger partial charge in [-0.3, -0.25) is 4.79 Å². The van der Waals surface area contributed by atoms with Crippen molar-refractivity contribution in [2.24, 2.45) is 0 Å². The van der Waals surface area contributed by atoms with Crippen molar-refractivity contribution in [1.29, 1.82) is 0 Å². The fraction of sp³-hybridized carbons (Fsp3) is 0.278. The van der Waals surface area contributed by atoms with E-state index in [1.54, 1.807) is 11.8 Å². The van der Waals surface area contributed by atoms with Gasteiger partial charge >= 0.3 is 0 Å². The van der Waals surface area contributed by atoms with Gasteiger partial charge in [-0.2, -0.15) is 0 Å². The molecule has 0 aliphatic rings. The zero-order valence-electron chi connectivity index (χ0n) is 12.9. The average molecular weight is 299 g/mol. The molecule has 110 valence electrons. The van der Waals surface area contributed by atoms with Crippen LogP contribution in [0.4, 0.5) is 5.69 Å². The third-order valence-electron chi connectivity index (χ3n) is 2.95. The van der Waals surface area contributed by atoms with Crippen molar-refractivity contribution in [2.75, 3.05) is 5.32 Å². The number of anilines is 1. The van der Waals surface area contributed by atoms with Gasteiger partial charge in [0, 0.05) is 21.4 Å². The molecule has 0 aliphatic heterocycles. The molecule has 2 nitrogen and oxygen atoms in total. The standard InChI is InChI=1S/C18H21NOS/c1-12(2)21-17-7-5-6-15(11-17)18(20)19-16-9-13(3)8-14(4)10-16/h5-12H,1-4H3,(H,19,20). The van der Waals surface area contributed by atoms with Gasteiger partial charge in [0.2, 0.25) is 0 Å². The maximum Gasteiger partial charge on any atom is 0.255 e. The molecule has 0 radical (unpaired) electrons. The monoisotopic (exact) mass is 299 g/mol. The summed E-state index contributed by atoms with van der Waals surface area (Å²) in [4.78, 5) is 13.5. The predicted molar refractivity (Wildman–Crippen MR) is 91.3 cm³/mol. The Hall–Kier alpha value is -1.74. The van der Waals surface area contributed by atoms with Crippen LogP contribution < -0.4 is 5.32 Å². The number of amides is 1. The van der Waals surface area contributed by atoms with Gasteiger partial charge in [-0.05, 0) is 55.3 Å². The predicted octanol–water partition coefficient (Wildman–Crippen LogP) is 5.06. The van der Waals surface area contributed by atoms with Crippen LogP contribution in [0.15, 0.2) is 47.4 Å². The van der Waals surface area contributed by atoms with Crippen molar-refractivity contribution in [3.8, 4) is 0 Å². The van der Waals surface area contributed by atoms with Gasteiger partial charge < -0.3 is 5.32 Å². The minimum Gasteiger partial charge on any atom is -0.322 e. The third kappa shape index (κ3) is 4.64. The highest BCUT2D eigenvalue weighted by molar-refractivity contribution is 7.99. The number of rotatable bonds is 4. The zero-order chi connectivity index (χ0) is 15.4. The lowest BCUT2D eigenvalue weighted by Crippen LogP contribution is -2.12. The maximum absolute atomic E-state index is 12.4. The van der Waals surface area contributed by atoms with Gasteiger partial charge in [0.1, 0.15) is 0 Å². The van der Waals surface area contributed by atoms with Crippen LogP contribution in [0.25, 0.3) is 0 Å². The molecular weight excluding hydrogens is 278 g/mol. The summed E-state index contributed by atoms with van der Waals surface area (Å²) in [5.74, 6) is -0.0637. The highest BCUT2D eigenvalue weighted by Crippen LogP contribution is 2.24. The second kappa shape index (κ2) is 6.81. The fourth-order valence-electron chi connectivity index (χ4n) is 2.23. The van der Waals surface area contributed by atoms with Gasteiger partial charge in [-0.1, -0.05) is 26.0 Å². The minimum absolute atomic E-state index is 0.0637. The lowest BCUT2D eigenvalue weighted by molar-refractivity contribution is 0.102. The van der Waals surface area contributed by atoms with E-state index in [0.29, 0.717) is 10.8 Å². The minimum atomic E-state index is -0.0637. The molecule has 0 atom stereocenters. The molecule has 0 spiro atoms. The summed E-state index contributed by atoms with van der Waals surface area (Å²) in [5, 5.41) is 3.47. The Morgan fingerprint density at radius 1 is 1.05 bits per heavy atom. The molecule has 0 aromatic heterocycles. The Kier molecular flexibility index (Phi) is 5.07. The molecule has 0 bridgehead atoms. The Morgan fingerprint density at radius 2 is 1.71 bits per heavy atom. The summed E-state index contributed by atoms with van der Waals surface area (Å²) in [7, 11) is 0. The smallest absolute Gasteiger partial charge is 0.255 e. The number of thioether (sulfide) groups is 1. The lowest BCUT2D eigenvalue weighted by Gasteiger charge is -2.09. The van der Waals surface area contributed by atoms with Crippen molar-refractivity contribution in [3.05, 3.63) is 59.2 Å². The van der Waals surface area contributed by atoms with Gasteiger partial charge in [-0.15, -0.1) is 11.8 Å². The van der Waals surface area contributed by atoms with Crippen LogP contribution in [0.1, 0.15) is 35.3 Å². The Balaban J connectivity index is 2.16. The molecule has 0 unspecified atom stereocenters. The highest BCUT2D eigenvalue weighted by atomic mass is 32.2. The summed E-state index contributed by atoms with van der Waals surface area (Å²) in [6.07, 6.45) is 0. The molecule has 0 saturated carbocycles. The lowest BCUT2D eigenvalue weighted by atomic mass is 10.1. The maximum atomic E-state index is 12.4. The van der Waals surface area contributed by atoms with E-state index in [4.69, 9.17) is 0 Å². The molecule has 1 amide bonds. The van der Waals surface area contributed by atoms with E-state index in [-0.39, 0.29) is 5.91 Å². The molecule has 0 aliphatic carbocycles. The molecule has 3 heteroatoms. The van der Waals surface area contributed by atoms with Gasteiger partial charge in [0.25, 0.3) is 5.91 Å². The van der Waals surface area contributed by atoms with Crippen molar-refractivity contribution >= 4 is 23.4 Å². The topological polar surface area (TPSA) is 29.1 Å². The van der Waals surface area contributed by atoms with E-state index in [1.807, 2.05) is 50.2 Å². The van der Waals surface area contributed by atoms with E-state index < -0.39 is 0 Å². The van der Waals surface area contributed by atoms with Crippen molar-refractivity contribution in [2.45, 2.75) is 37.8 Å². The summed E-state index contributed by atoms with van der Waals surface area (Å²) in [5.41, 5.74) is 3.84. The van der Waals surface area contributed by atoms with Crippen LogP contribution >= 0.6 is 11.8 Å². The molecule has 21 heavy (non-hydrogen) atoms. The second-order valence-corrected chi connectivity index (χ2v) is 7.17.